The maximum Gasteiger partial charge on any atom is 0.254 e. The van der Waals surface area contributed by atoms with Crippen LogP contribution in [0.15, 0.2) is 48.7 Å². The van der Waals surface area contributed by atoms with E-state index < -0.39 is 6.04 Å². The fourth-order valence-electron chi connectivity index (χ4n) is 3.78. The van der Waals surface area contributed by atoms with Crippen LogP contribution in [0.2, 0.25) is 0 Å². The Kier molecular flexibility index (Phi) is 5.62. The molecule has 3 amide bonds. The van der Waals surface area contributed by atoms with Gasteiger partial charge in [0.15, 0.2) is 0 Å². The lowest BCUT2D eigenvalue weighted by molar-refractivity contribution is -0.124. The van der Waals surface area contributed by atoms with E-state index in [4.69, 9.17) is 4.74 Å². The molecule has 1 aliphatic heterocycles. The second-order valence-corrected chi connectivity index (χ2v) is 7.46. The van der Waals surface area contributed by atoms with E-state index in [2.05, 4.69) is 15.6 Å². The van der Waals surface area contributed by atoms with Crippen LogP contribution >= 0.6 is 0 Å². The lowest BCUT2D eigenvalue weighted by Crippen LogP contribution is -2.47. The summed E-state index contributed by atoms with van der Waals surface area (Å²) in [4.78, 5) is 42.3. The number of benzene rings is 2. The van der Waals surface area contributed by atoms with Crippen molar-refractivity contribution in [3.05, 3.63) is 59.8 Å². The van der Waals surface area contributed by atoms with E-state index in [0.29, 0.717) is 24.2 Å². The first-order valence-electron chi connectivity index (χ1n) is 10.1. The number of amides is 3. The van der Waals surface area contributed by atoms with E-state index in [0.717, 1.165) is 22.2 Å². The summed E-state index contributed by atoms with van der Waals surface area (Å²) in [5.74, 6) is -0.165. The van der Waals surface area contributed by atoms with Gasteiger partial charge in [0, 0.05) is 23.6 Å². The minimum atomic E-state index is -0.714. The molecule has 0 saturated heterocycles. The Morgan fingerprint density at radius 2 is 2.00 bits per heavy atom. The monoisotopic (exact) mass is 420 g/mol. The first kappa shape index (κ1) is 20.5. The highest BCUT2D eigenvalue weighted by molar-refractivity contribution is 6.12. The van der Waals surface area contributed by atoms with Crippen LogP contribution in [-0.2, 0) is 16.0 Å². The van der Waals surface area contributed by atoms with E-state index in [-0.39, 0.29) is 24.3 Å². The smallest absolute Gasteiger partial charge is 0.254 e. The van der Waals surface area contributed by atoms with Gasteiger partial charge in [-0.15, -0.1) is 0 Å². The Morgan fingerprint density at radius 1 is 1.19 bits per heavy atom. The van der Waals surface area contributed by atoms with E-state index in [1.165, 1.54) is 4.90 Å². The standard InChI is InChI=1S/C23H24N4O4/c1-14-23(30)27(20-6-4-3-5-17(20)22(29)26-14)13-21(28)24-10-9-15-12-25-19-8-7-16(31-2)11-18(15)19/h3-8,11-12,14,25H,9-10,13H2,1-2H3,(H,24,28)(H,26,29)/t14-/m0/s1. The lowest BCUT2D eigenvalue weighted by Gasteiger charge is -2.23. The number of carbonyl (C=O) groups excluding carboxylic acids is 3. The Hall–Kier alpha value is -3.81. The zero-order chi connectivity index (χ0) is 22.0. The third kappa shape index (κ3) is 4.09. The average Bonchev–Trinajstić information content (AvgIpc) is 3.15. The molecule has 1 aromatic heterocycles. The number of fused-ring (bicyclic) bond motifs is 2. The largest absolute Gasteiger partial charge is 0.497 e. The van der Waals surface area contributed by atoms with E-state index >= 15 is 0 Å². The van der Waals surface area contributed by atoms with Gasteiger partial charge in [-0.3, -0.25) is 14.4 Å². The van der Waals surface area contributed by atoms with Crippen molar-refractivity contribution in [2.75, 3.05) is 25.1 Å². The third-order valence-electron chi connectivity index (χ3n) is 5.42. The van der Waals surface area contributed by atoms with Crippen LogP contribution in [0.4, 0.5) is 5.69 Å². The molecule has 31 heavy (non-hydrogen) atoms. The zero-order valence-corrected chi connectivity index (χ0v) is 17.4. The predicted molar refractivity (Wildman–Crippen MR) is 117 cm³/mol. The second-order valence-electron chi connectivity index (χ2n) is 7.46. The number of aromatic nitrogens is 1. The topological polar surface area (TPSA) is 104 Å². The Balaban J connectivity index is 1.43. The fourth-order valence-corrected chi connectivity index (χ4v) is 3.78. The molecular formula is C23H24N4O4. The van der Waals surface area contributed by atoms with Gasteiger partial charge in [0.2, 0.25) is 11.8 Å². The van der Waals surface area contributed by atoms with E-state index in [1.807, 2.05) is 24.4 Å². The van der Waals surface area contributed by atoms with Crippen molar-refractivity contribution in [2.24, 2.45) is 0 Å². The molecule has 160 valence electrons. The van der Waals surface area contributed by atoms with Gasteiger partial charge < -0.3 is 25.3 Å². The van der Waals surface area contributed by atoms with Crippen LogP contribution < -0.4 is 20.3 Å². The first-order chi connectivity index (χ1) is 15.0. The minimum absolute atomic E-state index is 0.156. The van der Waals surface area contributed by atoms with Crippen LogP contribution in [0.3, 0.4) is 0 Å². The number of nitrogens with zero attached hydrogens (tertiary/aromatic N) is 1. The number of nitrogens with one attached hydrogen (secondary N) is 3. The average molecular weight is 420 g/mol. The number of carbonyl (C=O) groups is 3. The summed E-state index contributed by atoms with van der Waals surface area (Å²) in [5, 5.41) is 6.58. The summed E-state index contributed by atoms with van der Waals surface area (Å²) in [6.07, 6.45) is 2.55. The number of para-hydroxylation sites is 1. The Labute approximate surface area is 179 Å². The number of methoxy groups -OCH3 is 1. The van der Waals surface area contributed by atoms with E-state index in [1.54, 1.807) is 38.3 Å². The summed E-state index contributed by atoms with van der Waals surface area (Å²) in [6.45, 7) is 1.87. The molecule has 3 aromatic rings. The third-order valence-corrected chi connectivity index (χ3v) is 5.42. The molecule has 2 heterocycles. The van der Waals surface area contributed by atoms with Crippen molar-refractivity contribution in [3.63, 3.8) is 0 Å². The van der Waals surface area contributed by atoms with Crippen molar-refractivity contribution in [3.8, 4) is 5.75 Å². The van der Waals surface area contributed by atoms with E-state index in [9.17, 15) is 14.4 Å². The predicted octanol–water partition coefficient (Wildman–Crippen LogP) is 2.00. The lowest BCUT2D eigenvalue weighted by atomic mass is 10.1. The van der Waals surface area contributed by atoms with Gasteiger partial charge in [0.1, 0.15) is 18.3 Å². The van der Waals surface area contributed by atoms with Gasteiger partial charge >= 0.3 is 0 Å². The summed E-state index contributed by atoms with van der Waals surface area (Å²) < 4.78 is 5.29. The molecule has 1 atom stereocenters. The number of aromatic amines is 1. The van der Waals surface area contributed by atoms with Crippen LogP contribution in [-0.4, -0.2) is 48.9 Å². The van der Waals surface area contributed by atoms with Crippen LogP contribution in [0.25, 0.3) is 10.9 Å². The molecule has 0 bridgehead atoms. The highest BCUT2D eigenvalue weighted by Crippen LogP contribution is 2.25. The van der Waals surface area contributed by atoms with Gasteiger partial charge in [-0.05, 0) is 49.2 Å². The minimum Gasteiger partial charge on any atom is -0.497 e. The molecule has 1 aliphatic rings. The maximum absolute atomic E-state index is 12.8. The van der Waals surface area contributed by atoms with Gasteiger partial charge in [0.25, 0.3) is 5.91 Å². The summed E-state index contributed by atoms with van der Waals surface area (Å²) in [6, 6.07) is 11.9. The van der Waals surface area contributed by atoms with Gasteiger partial charge in [-0.2, -0.15) is 0 Å². The number of rotatable bonds is 6. The molecule has 3 N–H and O–H groups in total. The number of hydrogen-bond acceptors (Lipinski definition) is 4. The zero-order valence-electron chi connectivity index (χ0n) is 17.4. The van der Waals surface area contributed by atoms with Crippen molar-refractivity contribution >= 4 is 34.3 Å². The number of ether oxygens (including phenoxy) is 1. The summed E-state index contributed by atoms with van der Waals surface area (Å²) in [5.41, 5.74) is 2.88. The fraction of sp³-hybridized carbons (Fsp3) is 0.261. The molecule has 2 aromatic carbocycles. The summed E-state index contributed by atoms with van der Waals surface area (Å²) >= 11 is 0. The maximum atomic E-state index is 12.8. The highest BCUT2D eigenvalue weighted by Gasteiger charge is 2.32. The molecule has 0 unspecified atom stereocenters. The number of anilines is 1. The second kappa shape index (κ2) is 8.51. The Morgan fingerprint density at radius 3 is 2.81 bits per heavy atom. The number of hydrogen-bond donors (Lipinski definition) is 3. The van der Waals surface area contributed by atoms with Crippen molar-refractivity contribution in [1.82, 2.24) is 15.6 Å². The quantitative estimate of drug-likeness (QED) is 0.567. The summed E-state index contributed by atoms with van der Waals surface area (Å²) in [7, 11) is 1.62. The van der Waals surface area contributed by atoms with Crippen LogP contribution in [0.5, 0.6) is 5.75 Å². The molecule has 4 rings (SSSR count). The normalized spacial score (nSPS) is 15.9. The molecule has 0 saturated carbocycles. The molecule has 0 fully saturated rings. The van der Waals surface area contributed by atoms with Gasteiger partial charge in [0.05, 0.1) is 18.4 Å². The van der Waals surface area contributed by atoms with Crippen LogP contribution in [0.1, 0.15) is 22.8 Å². The molecule has 0 spiro atoms. The van der Waals surface area contributed by atoms with Gasteiger partial charge in [-0.1, -0.05) is 12.1 Å². The van der Waals surface area contributed by atoms with Crippen molar-refractivity contribution < 1.29 is 19.1 Å². The molecule has 0 radical (unpaired) electrons. The van der Waals surface area contributed by atoms with Crippen molar-refractivity contribution in [1.29, 1.82) is 0 Å². The first-order valence-corrected chi connectivity index (χ1v) is 10.1. The SMILES string of the molecule is COc1ccc2[nH]cc(CCNC(=O)CN3C(=O)[C@H](C)NC(=O)c4ccccc43)c2c1. The molecule has 8 nitrogen and oxygen atoms in total. The molecule has 8 heteroatoms. The Bertz CT molecular complexity index is 1150. The van der Waals surface area contributed by atoms with Crippen LogP contribution in [0, 0.1) is 0 Å². The number of H-pyrrole nitrogens is 1. The highest BCUT2D eigenvalue weighted by atomic mass is 16.5. The van der Waals surface area contributed by atoms with Crippen molar-refractivity contribution in [2.45, 2.75) is 19.4 Å². The van der Waals surface area contributed by atoms with Gasteiger partial charge in [-0.25, -0.2) is 0 Å². The molecule has 0 aliphatic carbocycles. The molecular weight excluding hydrogens is 396 g/mol.